The molecule has 0 radical (unpaired) electrons. The van der Waals surface area contributed by atoms with Crippen molar-refractivity contribution in [2.75, 3.05) is 12.3 Å². The van der Waals surface area contributed by atoms with Crippen molar-refractivity contribution in [3.8, 4) is 0 Å². The molecule has 0 aromatic carbocycles. The molecule has 2 heterocycles. The highest BCUT2D eigenvalue weighted by molar-refractivity contribution is 7.73. The first-order valence-electron chi connectivity index (χ1n) is 7.82. The number of nitrogen functional groups attached to an aromatic ring is 1. The van der Waals surface area contributed by atoms with Crippen LogP contribution in [0.5, 0.6) is 0 Å². The number of hydrogen-bond acceptors (Lipinski definition) is 6. The Balaban J connectivity index is 0.000000593. The fraction of sp³-hybridized carbons (Fsp3) is 0.562. The van der Waals surface area contributed by atoms with E-state index in [1.54, 1.807) is 13.1 Å². The molecule has 0 unspecified atom stereocenters. The second-order valence-corrected chi connectivity index (χ2v) is 6.99. The number of aliphatic hydroxyl groups excluding tert-OH is 1. The number of rotatable bonds is 5. The molecule has 23 heavy (non-hydrogen) atoms. The van der Waals surface area contributed by atoms with Crippen molar-refractivity contribution in [1.29, 1.82) is 0 Å². The number of aromatic nitrogens is 3. The molecule has 2 aromatic heterocycles. The number of hydrogen-bond donors (Lipinski definition) is 2. The summed E-state index contributed by atoms with van der Waals surface area (Å²) < 4.78 is 2.79. The van der Waals surface area contributed by atoms with Gasteiger partial charge in [-0.25, -0.2) is 9.97 Å². The van der Waals surface area contributed by atoms with Gasteiger partial charge < -0.3 is 15.4 Å². The third-order valence-corrected chi connectivity index (χ3v) is 5.04. The molecule has 2 aromatic rings. The van der Waals surface area contributed by atoms with Gasteiger partial charge in [0.05, 0.1) is 6.54 Å². The van der Waals surface area contributed by atoms with Crippen LogP contribution in [0.25, 0.3) is 0 Å². The van der Waals surface area contributed by atoms with Gasteiger partial charge in [-0.2, -0.15) is 0 Å². The molecule has 0 aliphatic heterocycles. The zero-order valence-corrected chi connectivity index (χ0v) is 15.9. The van der Waals surface area contributed by atoms with E-state index in [1.165, 1.54) is 24.2 Å². The van der Waals surface area contributed by atoms with Crippen LogP contribution < -0.4 is 5.73 Å². The Morgan fingerprint density at radius 2 is 1.96 bits per heavy atom. The number of nitrogens with two attached hydrogens (primary N) is 1. The summed E-state index contributed by atoms with van der Waals surface area (Å²) >= 11 is 6.89. The molecule has 0 fully saturated rings. The number of thiazole rings is 1. The first kappa shape index (κ1) is 19.7. The maximum atomic E-state index is 9.03. The van der Waals surface area contributed by atoms with Crippen LogP contribution in [0.1, 0.15) is 48.6 Å². The molecule has 5 nitrogen and oxygen atoms in total. The fourth-order valence-corrected chi connectivity index (χ4v) is 3.32. The zero-order valence-electron chi connectivity index (χ0n) is 14.3. The van der Waals surface area contributed by atoms with Crippen molar-refractivity contribution in [1.82, 2.24) is 14.5 Å². The molecular formula is C16H26N4OS2. The molecule has 7 heteroatoms. The van der Waals surface area contributed by atoms with Gasteiger partial charge in [-0.15, -0.1) is 11.3 Å². The highest BCUT2D eigenvalue weighted by atomic mass is 32.1. The van der Waals surface area contributed by atoms with Crippen LogP contribution in [0.15, 0.2) is 6.20 Å². The Morgan fingerprint density at radius 3 is 2.48 bits per heavy atom. The average molecular weight is 355 g/mol. The Bertz CT molecular complexity index is 677. The molecule has 0 amide bonds. The lowest BCUT2D eigenvalue weighted by atomic mass is 10.2. The zero-order chi connectivity index (χ0) is 17.4. The molecule has 0 atom stereocenters. The quantitative estimate of drug-likeness (QED) is 0.801. The highest BCUT2D eigenvalue weighted by Crippen LogP contribution is 2.21. The highest BCUT2D eigenvalue weighted by Gasteiger charge is 2.11. The average Bonchev–Trinajstić information content (AvgIpc) is 2.78. The van der Waals surface area contributed by atoms with E-state index >= 15 is 0 Å². The molecular weight excluding hydrogens is 328 g/mol. The Morgan fingerprint density at radius 1 is 1.30 bits per heavy atom. The predicted octanol–water partition coefficient (Wildman–Crippen LogP) is 3.66. The van der Waals surface area contributed by atoms with E-state index in [4.69, 9.17) is 23.1 Å². The van der Waals surface area contributed by atoms with E-state index in [9.17, 15) is 0 Å². The molecule has 0 saturated carbocycles. The molecule has 0 aliphatic carbocycles. The van der Waals surface area contributed by atoms with E-state index in [-0.39, 0.29) is 6.61 Å². The molecule has 0 saturated heterocycles. The van der Waals surface area contributed by atoms with Gasteiger partial charge in [0.15, 0.2) is 3.95 Å². The molecule has 0 spiro atoms. The van der Waals surface area contributed by atoms with Crippen molar-refractivity contribution in [2.24, 2.45) is 0 Å². The summed E-state index contributed by atoms with van der Waals surface area (Å²) in [4.78, 5) is 9.43. The topological polar surface area (TPSA) is 77.0 Å². The number of aryl methyl sites for hydroxylation is 1. The van der Waals surface area contributed by atoms with Gasteiger partial charge >= 0.3 is 0 Å². The first-order chi connectivity index (χ1) is 10.9. The number of aliphatic hydroxyl groups is 1. The van der Waals surface area contributed by atoms with Crippen LogP contribution in [0.2, 0.25) is 0 Å². The minimum absolute atomic E-state index is 0.131. The van der Waals surface area contributed by atoms with Gasteiger partial charge in [0.1, 0.15) is 11.6 Å². The Kier molecular flexibility index (Phi) is 8.36. The molecule has 2 rings (SSSR count). The van der Waals surface area contributed by atoms with Gasteiger partial charge in [-0.3, -0.25) is 0 Å². The standard InChI is InChI=1S/C12H16N4OS2.C4H10/c1-7-10(3-4-17)19-12(18)16(7)6-9-5-14-8(2)15-11(9)13;1-3-4-2/h5,17H,3-4,6H2,1-2H3,(H2,13,14,15);3-4H2,1-2H3. The van der Waals surface area contributed by atoms with E-state index in [0.717, 1.165) is 20.1 Å². The Labute approximate surface area is 147 Å². The normalized spacial score (nSPS) is 10.3. The summed E-state index contributed by atoms with van der Waals surface area (Å²) in [5, 5.41) is 9.03. The van der Waals surface area contributed by atoms with Gasteiger partial charge in [-0.05, 0) is 26.1 Å². The monoisotopic (exact) mass is 354 g/mol. The summed E-state index contributed by atoms with van der Waals surface area (Å²) in [6, 6.07) is 0. The number of nitrogens with zero attached hydrogens (tertiary/aromatic N) is 3. The van der Waals surface area contributed by atoms with Gasteiger partial charge in [0.25, 0.3) is 0 Å². The maximum Gasteiger partial charge on any atom is 0.161 e. The van der Waals surface area contributed by atoms with Crippen LogP contribution in [0.4, 0.5) is 5.82 Å². The van der Waals surface area contributed by atoms with Gasteiger partial charge in [0.2, 0.25) is 0 Å². The van der Waals surface area contributed by atoms with Crippen LogP contribution >= 0.6 is 23.6 Å². The van der Waals surface area contributed by atoms with Crippen molar-refractivity contribution in [3.05, 3.63) is 32.1 Å². The van der Waals surface area contributed by atoms with E-state index < -0.39 is 0 Å². The Hall–Kier alpha value is -1.31. The lowest BCUT2D eigenvalue weighted by Crippen LogP contribution is -2.08. The van der Waals surface area contributed by atoms with E-state index in [2.05, 4.69) is 23.8 Å². The van der Waals surface area contributed by atoms with Crippen molar-refractivity contribution in [2.45, 2.75) is 53.5 Å². The first-order valence-corrected chi connectivity index (χ1v) is 9.04. The van der Waals surface area contributed by atoms with Crippen molar-refractivity contribution >= 4 is 29.4 Å². The van der Waals surface area contributed by atoms with E-state index in [0.29, 0.717) is 24.6 Å². The third-order valence-electron chi connectivity index (χ3n) is 3.43. The van der Waals surface area contributed by atoms with E-state index in [1.807, 2.05) is 11.5 Å². The lowest BCUT2D eigenvalue weighted by Gasteiger charge is -2.08. The van der Waals surface area contributed by atoms with Crippen molar-refractivity contribution in [3.63, 3.8) is 0 Å². The summed E-state index contributed by atoms with van der Waals surface area (Å²) in [6.45, 7) is 8.87. The second-order valence-electron chi connectivity index (χ2n) is 5.26. The lowest BCUT2D eigenvalue weighted by molar-refractivity contribution is 0.300. The minimum atomic E-state index is 0.131. The number of unbranched alkanes of at least 4 members (excludes halogenated alkanes) is 1. The van der Waals surface area contributed by atoms with Crippen LogP contribution in [-0.4, -0.2) is 26.2 Å². The summed E-state index contributed by atoms with van der Waals surface area (Å²) in [6.07, 6.45) is 5.01. The van der Waals surface area contributed by atoms with Crippen molar-refractivity contribution < 1.29 is 5.11 Å². The molecule has 3 N–H and O–H groups in total. The predicted molar refractivity (Wildman–Crippen MR) is 99.5 cm³/mol. The molecule has 0 aliphatic rings. The van der Waals surface area contributed by atoms with Gasteiger partial charge in [-0.1, -0.05) is 26.7 Å². The van der Waals surface area contributed by atoms with Crippen LogP contribution in [0.3, 0.4) is 0 Å². The van der Waals surface area contributed by atoms with Gasteiger partial charge in [0, 0.05) is 35.4 Å². The summed E-state index contributed by atoms with van der Waals surface area (Å²) in [5.41, 5.74) is 7.83. The smallest absolute Gasteiger partial charge is 0.161 e. The minimum Gasteiger partial charge on any atom is -0.396 e. The molecule has 0 bridgehead atoms. The van der Waals surface area contributed by atoms with Crippen LogP contribution in [-0.2, 0) is 13.0 Å². The summed E-state index contributed by atoms with van der Waals surface area (Å²) in [7, 11) is 0. The summed E-state index contributed by atoms with van der Waals surface area (Å²) in [5.74, 6) is 1.15. The SMILES string of the molecule is CCCC.Cc1ncc(Cn2c(C)c(CCO)sc2=S)c(N)n1. The number of anilines is 1. The molecule has 128 valence electrons. The second kappa shape index (κ2) is 9.75. The maximum absolute atomic E-state index is 9.03. The van der Waals surface area contributed by atoms with Crippen LogP contribution in [0, 0.1) is 17.8 Å². The largest absolute Gasteiger partial charge is 0.396 e. The third kappa shape index (κ3) is 5.67. The fourth-order valence-electron chi connectivity index (χ4n) is 1.84.